The van der Waals surface area contributed by atoms with Crippen LogP contribution in [0.2, 0.25) is 0 Å². The van der Waals surface area contributed by atoms with Crippen molar-refractivity contribution in [1.29, 1.82) is 0 Å². The van der Waals surface area contributed by atoms with Crippen molar-refractivity contribution in [2.24, 2.45) is 0 Å². The average molecular weight is 504 g/mol. The molecule has 1 atom stereocenters. The lowest BCUT2D eigenvalue weighted by molar-refractivity contribution is -0.144. The second-order valence-corrected chi connectivity index (χ2v) is 8.39. The largest absolute Gasteiger partial charge is 0.489 e. The summed E-state index contributed by atoms with van der Waals surface area (Å²) in [6.07, 6.45) is 3.02. The van der Waals surface area contributed by atoms with Crippen molar-refractivity contribution in [3.05, 3.63) is 100 Å². The van der Waals surface area contributed by atoms with E-state index in [0.717, 1.165) is 32.2 Å². The molecule has 5 nitrogen and oxygen atoms in total. The van der Waals surface area contributed by atoms with Crippen LogP contribution >= 0.6 is 15.9 Å². The van der Waals surface area contributed by atoms with E-state index < -0.39 is 12.1 Å². The highest BCUT2D eigenvalue weighted by atomic mass is 79.9. The summed E-state index contributed by atoms with van der Waals surface area (Å²) in [5.41, 5.74) is 3.55. The molecule has 4 rings (SSSR count). The lowest BCUT2D eigenvalue weighted by Crippen LogP contribution is -2.23. The van der Waals surface area contributed by atoms with Gasteiger partial charge in [0, 0.05) is 15.4 Å². The lowest BCUT2D eigenvalue weighted by atomic mass is 10.1. The molecule has 1 N–H and O–H groups in total. The predicted octanol–water partition coefficient (Wildman–Crippen LogP) is 6.60. The third-order valence-corrected chi connectivity index (χ3v) is 5.49. The third kappa shape index (κ3) is 5.99. The first-order valence-corrected chi connectivity index (χ1v) is 11.2. The molecule has 6 heteroatoms. The summed E-state index contributed by atoms with van der Waals surface area (Å²) in [5, 5.41) is 10.2. The van der Waals surface area contributed by atoms with Crippen molar-refractivity contribution >= 4 is 45.0 Å². The fraction of sp³-hybridized carbons (Fsp3) is 0.111. The van der Waals surface area contributed by atoms with Gasteiger partial charge < -0.3 is 14.6 Å². The predicted molar refractivity (Wildman–Crippen MR) is 133 cm³/mol. The Morgan fingerprint density at radius 3 is 2.70 bits per heavy atom. The SMILES string of the molecule is CC(Oc1ccccc1COc1cccc(/C=C/c2ccc3ccc(Br)cc3n2)c1)C(=O)O. The average Bonchev–Trinajstić information content (AvgIpc) is 2.82. The summed E-state index contributed by atoms with van der Waals surface area (Å²) >= 11 is 3.49. The smallest absolute Gasteiger partial charge is 0.344 e. The highest BCUT2D eigenvalue weighted by molar-refractivity contribution is 9.10. The molecule has 0 bridgehead atoms. The molecule has 1 unspecified atom stereocenters. The maximum atomic E-state index is 11.1. The molecule has 1 aromatic heterocycles. The van der Waals surface area contributed by atoms with E-state index in [1.807, 2.05) is 72.8 Å². The van der Waals surface area contributed by atoms with Gasteiger partial charge in [0.2, 0.25) is 0 Å². The fourth-order valence-electron chi connectivity index (χ4n) is 3.23. The number of halogens is 1. The maximum absolute atomic E-state index is 11.1. The Kier molecular flexibility index (Phi) is 7.05. The van der Waals surface area contributed by atoms with Gasteiger partial charge in [0.25, 0.3) is 0 Å². The van der Waals surface area contributed by atoms with Gasteiger partial charge in [-0.2, -0.15) is 0 Å². The lowest BCUT2D eigenvalue weighted by Gasteiger charge is -2.15. The first-order valence-electron chi connectivity index (χ1n) is 10.4. The Bertz CT molecular complexity index is 1320. The van der Waals surface area contributed by atoms with Crippen molar-refractivity contribution < 1.29 is 19.4 Å². The van der Waals surface area contributed by atoms with Gasteiger partial charge >= 0.3 is 5.97 Å². The van der Waals surface area contributed by atoms with E-state index in [2.05, 4.69) is 22.0 Å². The highest BCUT2D eigenvalue weighted by Gasteiger charge is 2.14. The summed E-state index contributed by atoms with van der Waals surface area (Å²) in [7, 11) is 0. The Labute approximate surface area is 200 Å². The van der Waals surface area contributed by atoms with E-state index in [4.69, 9.17) is 19.6 Å². The molecule has 0 aliphatic carbocycles. The second kappa shape index (κ2) is 10.3. The molecular weight excluding hydrogens is 482 g/mol. The summed E-state index contributed by atoms with van der Waals surface area (Å²) < 4.78 is 12.5. The van der Waals surface area contributed by atoms with Crippen LogP contribution in [0.3, 0.4) is 0 Å². The van der Waals surface area contributed by atoms with E-state index in [1.54, 1.807) is 12.1 Å². The van der Waals surface area contributed by atoms with Gasteiger partial charge in [-0.15, -0.1) is 0 Å². The molecule has 0 saturated heterocycles. The van der Waals surface area contributed by atoms with Gasteiger partial charge in [-0.3, -0.25) is 0 Å². The minimum atomic E-state index is -1.02. The Hall–Kier alpha value is -3.64. The number of aromatic nitrogens is 1. The van der Waals surface area contributed by atoms with Crippen LogP contribution in [0.25, 0.3) is 23.1 Å². The van der Waals surface area contributed by atoms with Crippen LogP contribution in [0.1, 0.15) is 23.7 Å². The number of ether oxygens (including phenoxy) is 2. The molecular formula is C27H22BrNO4. The van der Waals surface area contributed by atoms with Gasteiger partial charge in [0.1, 0.15) is 18.1 Å². The number of nitrogens with zero attached hydrogens (tertiary/aromatic N) is 1. The molecule has 0 aliphatic rings. The van der Waals surface area contributed by atoms with Crippen LogP contribution in [-0.2, 0) is 11.4 Å². The number of pyridine rings is 1. The van der Waals surface area contributed by atoms with Crippen molar-refractivity contribution in [2.75, 3.05) is 0 Å². The van der Waals surface area contributed by atoms with Crippen LogP contribution in [0.5, 0.6) is 11.5 Å². The van der Waals surface area contributed by atoms with E-state index in [-0.39, 0.29) is 6.61 Å². The zero-order chi connectivity index (χ0) is 23.2. The maximum Gasteiger partial charge on any atom is 0.344 e. The molecule has 0 amide bonds. The number of para-hydroxylation sites is 1. The first-order chi connectivity index (χ1) is 16.0. The normalized spacial score (nSPS) is 12.1. The highest BCUT2D eigenvalue weighted by Crippen LogP contribution is 2.23. The number of carbonyl (C=O) groups is 1. The van der Waals surface area contributed by atoms with Crippen LogP contribution in [0.4, 0.5) is 0 Å². The quantitative estimate of drug-likeness (QED) is 0.293. The number of hydrogen-bond acceptors (Lipinski definition) is 4. The van der Waals surface area contributed by atoms with Gasteiger partial charge in [-0.05, 0) is 55.0 Å². The number of aliphatic carboxylic acids is 1. The standard InChI is InChI=1S/C27H22BrNO4/c1-18(27(30)31)33-26-8-3-2-6-21(26)17-32-24-7-4-5-19(15-24)9-13-23-14-11-20-10-12-22(28)16-25(20)29-23/h2-16,18H,17H2,1H3,(H,30,31)/b13-9+. The number of fused-ring (bicyclic) bond motifs is 1. The monoisotopic (exact) mass is 503 g/mol. The molecule has 0 saturated carbocycles. The van der Waals surface area contributed by atoms with Gasteiger partial charge in [-0.25, -0.2) is 9.78 Å². The topological polar surface area (TPSA) is 68.7 Å². The molecule has 33 heavy (non-hydrogen) atoms. The van der Waals surface area contributed by atoms with Crippen molar-refractivity contribution in [2.45, 2.75) is 19.6 Å². The van der Waals surface area contributed by atoms with Gasteiger partial charge in [-0.1, -0.05) is 64.5 Å². The van der Waals surface area contributed by atoms with Crippen LogP contribution in [-0.4, -0.2) is 22.2 Å². The zero-order valence-electron chi connectivity index (χ0n) is 17.9. The number of rotatable bonds is 8. The van der Waals surface area contributed by atoms with E-state index in [0.29, 0.717) is 11.5 Å². The molecule has 1 heterocycles. The molecule has 166 valence electrons. The molecule has 0 radical (unpaired) electrons. The minimum absolute atomic E-state index is 0.261. The minimum Gasteiger partial charge on any atom is -0.489 e. The first kappa shape index (κ1) is 22.6. The number of carboxylic acid groups (broad SMARTS) is 1. The van der Waals surface area contributed by atoms with Crippen LogP contribution in [0.15, 0.2) is 83.3 Å². The molecule has 3 aromatic carbocycles. The van der Waals surface area contributed by atoms with Gasteiger partial charge in [0.05, 0.1) is 11.2 Å². The number of benzene rings is 3. The van der Waals surface area contributed by atoms with Crippen LogP contribution in [0, 0.1) is 0 Å². The molecule has 0 aliphatic heterocycles. The third-order valence-electron chi connectivity index (χ3n) is 5.00. The summed E-state index contributed by atoms with van der Waals surface area (Å²) in [5.74, 6) is 0.185. The van der Waals surface area contributed by atoms with Crippen LogP contribution < -0.4 is 9.47 Å². The molecule has 4 aromatic rings. The Morgan fingerprint density at radius 1 is 1.03 bits per heavy atom. The second-order valence-electron chi connectivity index (χ2n) is 7.47. The van der Waals surface area contributed by atoms with Crippen molar-refractivity contribution in [3.8, 4) is 11.5 Å². The Balaban J connectivity index is 1.45. The van der Waals surface area contributed by atoms with E-state index in [1.165, 1.54) is 6.92 Å². The number of hydrogen-bond donors (Lipinski definition) is 1. The Morgan fingerprint density at radius 2 is 1.85 bits per heavy atom. The summed E-state index contributed by atoms with van der Waals surface area (Å²) in [6.45, 7) is 1.76. The molecule has 0 fully saturated rings. The zero-order valence-corrected chi connectivity index (χ0v) is 19.5. The summed E-state index contributed by atoms with van der Waals surface area (Å²) in [4.78, 5) is 15.8. The fourth-order valence-corrected chi connectivity index (χ4v) is 3.58. The van der Waals surface area contributed by atoms with Crippen molar-refractivity contribution in [3.63, 3.8) is 0 Å². The van der Waals surface area contributed by atoms with E-state index in [9.17, 15) is 4.79 Å². The van der Waals surface area contributed by atoms with Crippen molar-refractivity contribution in [1.82, 2.24) is 4.98 Å². The van der Waals surface area contributed by atoms with E-state index >= 15 is 0 Å². The number of carboxylic acids is 1. The molecule has 0 spiro atoms. The van der Waals surface area contributed by atoms with Gasteiger partial charge in [0.15, 0.2) is 6.10 Å². The summed E-state index contributed by atoms with van der Waals surface area (Å²) in [6, 6.07) is 25.1.